The number of hydrogen-bond donors (Lipinski definition) is 0. The summed E-state index contributed by atoms with van der Waals surface area (Å²) in [4.78, 5) is 37.4. The SMILES string of the molecule is O=C1[C@@H]2[C@H](C(=O)N1CCOc1nc(Cl)nc(Cl)n1)[C@@H]1C=C[C@H]2C1. The van der Waals surface area contributed by atoms with Crippen molar-refractivity contribution in [1.29, 1.82) is 0 Å². The van der Waals surface area contributed by atoms with Crippen molar-refractivity contribution in [2.24, 2.45) is 23.7 Å². The Morgan fingerprint density at radius 2 is 1.61 bits per heavy atom. The van der Waals surface area contributed by atoms with Gasteiger partial charge in [-0.1, -0.05) is 12.2 Å². The number of ether oxygens (including phenoxy) is 1. The lowest BCUT2D eigenvalue weighted by atomic mass is 9.85. The Hall–Kier alpha value is -1.73. The number of fused-ring (bicyclic) bond motifs is 5. The van der Waals surface area contributed by atoms with Crippen LogP contribution in [-0.4, -0.2) is 44.8 Å². The number of hydrogen-bond acceptors (Lipinski definition) is 6. The molecule has 0 radical (unpaired) electrons. The highest BCUT2D eigenvalue weighted by Crippen LogP contribution is 2.52. The van der Waals surface area contributed by atoms with Crippen LogP contribution >= 0.6 is 23.2 Å². The Balaban J connectivity index is 1.40. The molecule has 9 heteroatoms. The number of imide groups is 1. The number of rotatable bonds is 4. The van der Waals surface area contributed by atoms with Crippen LogP contribution in [-0.2, 0) is 9.59 Å². The Kier molecular flexibility index (Phi) is 3.50. The van der Waals surface area contributed by atoms with Gasteiger partial charge in [-0.3, -0.25) is 14.5 Å². The second-order valence-electron chi connectivity index (χ2n) is 5.83. The van der Waals surface area contributed by atoms with Gasteiger partial charge in [0.15, 0.2) is 0 Å². The molecule has 3 aliphatic rings. The van der Waals surface area contributed by atoms with Crippen molar-refractivity contribution in [1.82, 2.24) is 19.9 Å². The summed E-state index contributed by atoms with van der Waals surface area (Å²) in [5.74, 6) is -0.196. The summed E-state index contributed by atoms with van der Waals surface area (Å²) in [5.41, 5.74) is 0. The van der Waals surface area contributed by atoms with Gasteiger partial charge in [0.1, 0.15) is 6.61 Å². The molecular formula is C14H12Cl2N4O3. The number of allylic oxidation sites excluding steroid dienone is 2. The van der Waals surface area contributed by atoms with E-state index in [1.807, 2.05) is 0 Å². The quantitative estimate of drug-likeness (QED) is 0.599. The van der Waals surface area contributed by atoms with Gasteiger partial charge in [0.2, 0.25) is 22.4 Å². The first-order chi connectivity index (χ1) is 11.0. The van der Waals surface area contributed by atoms with Gasteiger partial charge in [0.25, 0.3) is 0 Å². The Morgan fingerprint density at radius 1 is 1.04 bits per heavy atom. The summed E-state index contributed by atoms with van der Waals surface area (Å²) in [6.07, 6.45) is 5.04. The fraction of sp³-hybridized carbons (Fsp3) is 0.500. The average molecular weight is 355 g/mol. The van der Waals surface area contributed by atoms with Crippen LogP contribution in [0, 0.1) is 23.7 Å². The van der Waals surface area contributed by atoms with Gasteiger partial charge >= 0.3 is 6.01 Å². The first-order valence-electron chi connectivity index (χ1n) is 7.28. The van der Waals surface area contributed by atoms with Gasteiger partial charge in [-0.15, -0.1) is 0 Å². The van der Waals surface area contributed by atoms with Crippen molar-refractivity contribution in [3.63, 3.8) is 0 Å². The van der Waals surface area contributed by atoms with E-state index in [9.17, 15) is 9.59 Å². The molecule has 2 fully saturated rings. The molecule has 0 unspecified atom stereocenters. The molecule has 2 bridgehead atoms. The number of nitrogens with zero attached hydrogens (tertiary/aromatic N) is 4. The van der Waals surface area contributed by atoms with Crippen molar-refractivity contribution >= 4 is 35.0 Å². The molecule has 1 saturated carbocycles. The van der Waals surface area contributed by atoms with Gasteiger partial charge in [-0.25, -0.2) is 0 Å². The van der Waals surface area contributed by atoms with E-state index in [4.69, 9.17) is 27.9 Å². The number of likely N-dealkylation sites (tertiary alicyclic amines) is 1. The number of halogens is 2. The van der Waals surface area contributed by atoms with Gasteiger partial charge in [0, 0.05) is 0 Å². The summed E-state index contributed by atoms with van der Waals surface area (Å²) >= 11 is 11.3. The molecule has 4 rings (SSSR count). The molecule has 0 aromatic carbocycles. The molecule has 0 spiro atoms. The van der Waals surface area contributed by atoms with Crippen molar-refractivity contribution in [3.05, 3.63) is 22.7 Å². The van der Waals surface area contributed by atoms with Crippen molar-refractivity contribution in [3.8, 4) is 6.01 Å². The summed E-state index contributed by atoms with van der Waals surface area (Å²) in [7, 11) is 0. The fourth-order valence-electron chi connectivity index (χ4n) is 3.79. The molecule has 7 nitrogen and oxygen atoms in total. The maximum absolute atomic E-state index is 12.5. The predicted molar refractivity (Wildman–Crippen MR) is 79.8 cm³/mol. The van der Waals surface area contributed by atoms with Gasteiger partial charge < -0.3 is 4.74 Å². The summed E-state index contributed by atoms with van der Waals surface area (Å²) in [6.45, 7) is 0.237. The number of aromatic nitrogens is 3. The van der Waals surface area contributed by atoms with Crippen molar-refractivity contribution in [2.45, 2.75) is 6.42 Å². The minimum Gasteiger partial charge on any atom is -0.461 e. The minimum absolute atomic E-state index is 0.0315. The predicted octanol–water partition coefficient (Wildman–Crippen LogP) is 1.36. The Morgan fingerprint density at radius 3 is 2.17 bits per heavy atom. The maximum atomic E-state index is 12.5. The highest BCUT2D eigenvalue weighted by Gasteiger charge is 2.58. The van der Waals surface area contributed by atoms with Crippen LogP contribution in [0.3, 0.4) is 0 Å². The number of amides is 2. The zero-order chi connectivity index (χ0) is 16.1. The molecule has 1 aromatic heterocycles. The second kappa shape index (κ2) is 5.42. The Bertz CT molecular complexity index is 676. The zero-order valence-corrected chi connectivity index (χ0v) is 13.4. The fourth-order valence-corrected chi connectivity index (χ4v) is 4.13. The van der Waals surface area contributed by atoms with Crippen LogP contribution in [0.25, 0.3) is 0 Å². The van der Waals surface area contributed by atoms with E-state index >= 15 is 0 Å². The molecule has 0 N–H and O–H groups in total. The van der Waals surface area contributed by atoms with E-state index in [1.54, 1.807) is 0 Å². The van der Waals surface area contributed by atoms with E-state index in [0.717, 1.165) is 6.42 Å². The monoisotopic (exact) mass is 354 g/mol. The molecule has 4 atom stereocenters. The molecule has 1 saturated heterocycles. The zero-order valence-electron chi connectivity index (χ0n) is 11.9. The van der Waals surface area contributed by atoms with Crippen LogP contribution < -0.4 is 4.74 Å². The smallest absolute Gasteiger partial charge is 0.322 e. The van der Waals surface area contributed by atoms with Gasteiger partial charge in [-0.2, -0.15) is 15.0 Å². The first-order valence-corrected chi connectivity index (χ1v) is 8.03. The lowest BCUT2D eigenvalue weighted by Gasteiger charge is -2.16. The van der Waals surface area contributed by atoms with Crippen LogP contribution in [0.4, 0.5) is 0 Å². The highest BCUT2D eigenvalue weighted by atomic mass is 35.5. The standard InChI is InChI=1S/C14H12Cl2N4O3/c15-12-17-13(16)19-14(18-12)23-4-3-20-10(21)8-6-1-2-7(5-6)9(8)11(20)22/h1-2,6-9H,3-5H2/t6-,7+,8-,9+. The largest absolute Gasteiger partial charge is 0.461 e. The third-order valence-corrected chi connectivity index (χ3v) is 5.01. The molecule has 23 heavy (non-hydrogen) atoms. The van der Waals surface area contributed by atoms with E-state index in [2.05, 4.69) is 27.1 Å². The lowest BCUT2D eigenvalue weighted by molar-refractivity contribution is -0.141. The molecule has 1 aliphatic heterocycles. The number of carbonyl (C=O) groups excluding carboxylic acids is 2. The topological polar surface area (TPSA) is 85.3 Å². The lowest BCUT2D eigenvalue weighted by Crippen LogP contribution is -2.36. The Labute approximate surface area is 141 Å². The van der Waals surface area contributed by atoms with Crippen molar-refractivity contribution < 1.29 is 14.3 Å². The molecular weight excluding hydrogens is 343 g/mol. The highest BCUT2D eigenvalue weighted by molar-refractivity contribution is 6.31. The number of carbonyl (C=O) groups is 2. The summed E-state index contributed by atoms with van der Waals surface area (Å²) < 4.78 is 5.32. The van der Waals surface area contributed by atoms with Crippen LogP contribution in [0.1, 0.15) is 6.42 Å². The minimum atomic E-state index is -0.196. The second-order valence-corrected chi connectivity index (χ2v) is 6.51. The van der Waals surface area contributed by atoms with Crippen molar-refractivity contribution in [2.75, 3.05) is 13.2 Å². The van der Waals surface area contributed by atoms with E-state index in [0.29, 0.717) is 0 Å². The third kappa shape index (κ3) is 2.38. The van der Waals surface area contributed by atoms with Gasteiger partial charge in [0.05, 0.1) is 18.4 Å². The van der Waals surface area contributed by atoms with Crippen LogP contribution in [0.5, 0.6) is 6.01 Å². The molecule has 1 aromatic rings. The molecule has 2 amide bonds. The first kappa shape index (κ1) is 14.8. The summed E-state index contributed by atoms with van der Waals surface area (Å²) in [6, 6.07) is -0.0315. The maximum Gasteiger partial charge on any atom is 0.322 e. The molecule has 120 valence electrons. The van der Waals surface area contributed by atoms with E-state index < -0.39 is 0 Å². The van der Waals surface area contributed by atoms with Crippen LogP contribution in [0.15, 0.2) is 12.2 Å². The normalized spacial score (nSPS) is 31.1. The van der Waals surface area contributed by atoms with E-state index in [1.165, 1.54) is 4.90 Å². The average Bonchev–Trinajstić information content (AvgIpc) is 3.15. The van der Waals surface area contributed by atoms with Crippen LogP contribution in [0.2, 0.25) is 10.6 Å². The van der Waals surface area contributed by atoms with Gasteiger partial charge in [-0.05, 0) is 41.5 Å². The molecule has 2 heterocycles. The molecule has 2 aliphatic carbocycles. The van der Waals surface area contributed by atoms with E-state index in [-0.39, 0.29) is 65.2 Å². The third-order valence-electron chi connectivity index (χ3n) is 4.67. The summed E-state index contributed by atoms with van der Waals surface area (Å²) in [5, 5.41) is -0.156.